The Kier molecular flexibility index (Phi) is 5.64. The molecule has 0 aromatic heterocycles. The summed E-state index contributed by atoms with van der Waals surface area (Å²) in [7, 11) is 2.38. The minimum Gasteiger partial charge on any atom is -0.543 e. The lowest BCUT2D eigenvalue weighted by atomic mass is 9.78. The van der Waals surface area contributed by atoms with Crippen molar-refractivity contribution in [3.05, 3.63) is 53.2 Å². The summed E-state index contributed by atoms with van der Waals surface area (Å²) in [6.45, 7) is 11.9. The molecule has 37 heavy (non-hydrogen) atoms. The number of carbonyl (C=O) groups excluding carboxylic acids is 2. The molecule has 2 bridgehead atoms. The van der Waals surface area contributed by atoms with Crippen LogP contribution in [-0.4, -0.2) is 95.9 Å². The first kappa shape index (κ1) is 24.4. The molecule has 0 radical (unpaired) electrons. The Hall–Kier alpha value is -2.94. The van der Waals surface area contributed by atoms with Gasteiger partial charge in [0.05, 0.1) is 36.8 Å². The molecule has 0 saturated carbocycles. The number of hydrogen-bond acceptors (Lipinski definition) is 5. The highest BCUT2D eigenvalue weighted by Crippen LogP contribution is 2.47. The minimum atomic E-state index is -1.38. The number of likely N-dealkylation sites (N-methyl/N-ethyl adjacent to an activating group) is 1. The van der Waals surface area contributed by atoms with Crippen molar-refractivity contribution in [2.75, 3.05) is 52.9 Å². The molecular weight excluding hydrogens is 470 g/mol. The maximum absolute atomic E-state index is 12.6. The number of amides is 1. The van der Waals surface area contributed by atoms with Crippen molar-refractivity contribution >= 4 is 22.6 Å². The number of nitrogens with zero attached hydrogens (tertiary/aromatic N) is 3. The van der Waals surface area contributed by atoms with Gasteiger partial charge in [-0.2, -0.15) is 0 Å². The number of aliphatic hydroxyl groups excluding tert-OH is 1. The molecule has 196 valence electrons. The fraction of sp³-hybridized carbons (Fsp3) is 0.517. The van der Waals surface area contributed by atoms with Crippen LogP contribution in [0.15, 0.2) is 47.7 Å². The molecule has 1 amide bonds. The van der Waals surface area contributed by atoms with Gasteiger partial charge < -0.3 is 33.6 Å². The Morgan fingerprint density at radius 2 is 1.76 bits per heavy atom. The Morgan fingerprint density at radius 3 is 2.41 bits per heavy atom. The molecule has 2 aromatic rings. The predicted octanol–water partition coefficient (Wildman–Crippen LogP) is 0.871. The molecule has 1 N–H and O–H groups in total. The van der Waals surface area contributed by atoms with E-state index in [1.54, 1.807) is 6.92 Å². The van der Waals surface area contributed by atoms with Crippen LogP contribution in [0, 0.1) is 11.8 Å². The highest BCUT2D eigenvalue weighted by Gasteiger charge is 2.58. The number of rotatable bonds is 7. The lowest BCUT2D eigenvalue weighted by Gasteiger charge is -2.54. The van der Waals surface area contributed by atoms with Gasteiger partial charge in [-0.3, -0.25) is 4.79 Å². The molecule has 0 unspecified atom stereocenters. The number of aliphatic hydroxyl groups is 1. The van der Waals surface area contributed by atoms with E-state index >= 15 is 0 Å². The van der Waals surface area contributed by atoms with Crippen LogP contribution in [0.2, 0.25) is 0 Å². The highest BCUT2D eigenvalue weighted by molar-refractivity contribution is 5.99. The first-order valence-electron chi connectivity index (χ1n) is 13.4. The topological polar surface area (TPSA) is 89.9 Å². The van der Waals surface area contributed by atoms with Gasteiger partial charge >= 0.3 is 0 Å². The average molecular weight is 507 g/mol. The van der Waals surface area contributed by atoms with E-state index in [0.717, 1.165) is 16.4 Å². The van der Waals surface area contributed by atoms with E-state index in [-0.39, 0.29) is 30.2 Å². The van der Waals surface area contributed by atoms with Gasteiger partial charge in [0.1, 0.15) is 58.2 Å². The van der Waals surface area contributed by atoms with Crippen LogP contribution in [0.3, 0.4) is 0 Å². The number of piperazine rings is 3. The summed E-state index contributed by atoms with van der Waals surface area (Å²) in [5, 5.41) is 24.3. The average Bonchev–Trinajstić information content (AvgIpc) is 3.12. The Balaban J connectivity index is 1.26. The highest BCUT2D eigenvalue weighted by atomic mass is 16.5. The number of quaternary nitrogens is 2. The molecule has 5 heterocycles. The van der Waals surface area contributed by atoms with Gasteiger partial charge in [-0.05, 0) is 23.9 Å². The van der Waals surface area contributed by atoms with Gasteiger partial charge in [0, 0.05) is 16.9 Å². The second kappa shape index (κ2) is 8.55. The van der Waals surface area contributed by atoms with Gasteiger partial charge in [0.15, 0.2) is 0 Å². The van der Waals surface area contributed by atoms with E-state index in [2.05, 4.69) is 31.3 Å². The van der Waals surface area contributed by atoms with Gasteiger partial charge in [0.25, 0.3) is 0 Å². The molecule has 8 nitrogen and oxygen atoms in total. The molecule has 5 aliphatic heterocycles. The Bertz CT molecular complexity index is 1290. The second-order valence-electron chi connectivity index (χ2n) is 11.9. The standard InChI is InChI=1S/C29H36N3O5/c1-18-23(27(29(35)36)30-26(18)25(19(2)33)28(30)34)17-37-24-9-5-7-21-20(6-4-8-22(21)24)16-32-13-10-31(3,11-14-32)12-15-32/h4-9,18-19,25-26,33H,10-17H2,1-3H3/q+1/t18-,19+,25+,26+,31?,32?/m0/s1. The van der Waals surface area contributed by atoms with E-state index in [1.165, 1.54) is 59.6 Å². The lowest BCUT2D eigenvalue weighted by molar-refractivity contribution is -1.08. The zero-order valence-electron chi connectivity index (χ0n) is 21.9. The third kappa shape index (κ3) is 3.76. The fourth-order valence-electron chi connectivity index (χ4n) is 7.22. The van der Waals surface area contributed by atoms with Crippen molar-refractivity contribution in [2.45, 2.75) is 32.5 Å². The second-order valence-corrected chi connectivity index (χ2v) is 11.9. The summed E-state index contributed by atoms with van der Waals surface area (Å²) in [6.07, 6.45) is -0.838. The van der Waals surface area contributed by atoms with E-state index in [9.17, 15) is 19.8 Å². The van der Waals surface area contributed by atoms with E-state index in [4.69, 9.17) is 4.74 Å². The van der Waals surface area contributed by atoms with Crippen molar-refractivity contribution in [2.24, 2.45) is 11.8 Å². The molecule has 0 spiro atoms. The number of ether oxygens (including phenoxy) is 1. The van der Waals surface area contributed by atoms with Gasteiger partial charge in [-0.25, -0.2) is 0 Å². The van der Waals surface area contributed by atoms with Crippen molar-refractivity contribution in [1.29, 1.82) is 0 Å². The number of hydrogen-bond donors (Lipinski definition) is 1. The number of carboxylic acids is 1. The molecule has 2 aromatic carbocycles. The first-order chi connectivity index (χ1) is 17.6. The van der Waals surface area contributed by atoms with Gasteiger partial charge in [-0.1, -0.05) is 37.3 Å². The van der Waals surface area contributed by atoms with Crippen LogP contribution in [0.1, 0.15) is 19.4 Å². The van der Waals surface area contributed by atoms with Crippen molar-refractivity contribution < 1.29 is 33.5 Å². The summed E-state index contributed by atoms with van der Waals surface area (Å²) in [6, 6.07) is 12.0. The molecule has 5 aliphatic rings. The normalized spacial score (nSPS) is 33.5. The van der Waals surface area contributed by atoms with Crippen LogP contribution >= 0.6 is 0 Å². The minimum absolute atomic E-state index is 0.0527. The number of β-lactam (4-membered cyclic amide) rings is 1. The molecular formula is C29H36N3O5+. The van der Waals surface area contributed by atoms with Gasteiger partial charge in [-0.15, -0.1) is 0 Å². The zero-order valence-corrected chi connectivity index (χ0v) is 21.9. The molecule has 4 saturated heterocycles. The van der Waals surface area contributed by atoms with Crippen LogP contribution in [0.4, 0.5) is 0 Å². The summed E-state index contributed by atoms with van der Waals surface area (Å²) < 4.78 is 8.62. The van der Waals surface area contributed by atoms with Crippen molar-refractivity contribution in [3.63, 3.8) is 0 Å². The number of carbonyl (C=O) groups is 2. The van der Waals surface area contributed by atoms with Crippen molar-refractivity contribution in [3.8, 4) is 5.75 Å². The SMILES string of the molecule is C[C@@H](O)[C@H]1C(=O)N2C(C(=O)[O-])=C(COc3cccc4c(C[N+]56CC[N+](C)(CC5)CC6)cccc34)[C@H](C)[C@H]12. The quantitative estimate of drug-likeness (QED) is 0.445. The number of benzene rings is 2. The first-order valence-corrected chi connectivity index (χ1v) is 13.4. The summed E-state index contributed by atoms with van der Waals surface area (Å²) in [5.74, 6) is -1.88. The summed E-state index contributed by atoms with van der Waals surface area (Å²) in [4.78, 5) is 25.9. The van der Waals surface area contributed by atoms with E-state index < -0.39 is 18.0 Å². The van der Waals surface area contributed by atoms with Crippen LogP contribution < -0.4 is 9.84 Å². The van der Waals surface area contributed by atoms with Crippen LogP contribution in [0.25, 0.3) is 10.8 Å². The number of fused-ring (bicyclic) bond motifs is 5. The molecule has 4 fully saturated rings. The molecule has 0 aliphatic carbocycles. The van der Waals surface area contributed by atoms with E-state index in [0.29, 0.717) is 11.3 Å². The molecule has 7 rings (SSSR count). The summed E-state index contributed by atoms with van der Waals surface area (Å²) in [5.41, 5.74) is 1.76. The van der Waals surface area contributed by atoms with Crippen LogP contribution in [-0.2, 0) is 16.1 Å². The molecule has 4 atom stereocenters. The monoisotopic (exact) mass is 506 g/mol. The van der Waals surface area contributed by atoms with E-state index in [1.807, 2.05) is 19.1 Å². The largest absolute Gasteiger partial charge is 0.543 e. The van der Waals surface area contributed by atoms with Crippen molar-refractivity contribution in [1.82, 2.24) is 4.90 Å². The van der Waals surface area contributed by atoms with Crippen LogP contribution in [0.5, 0.6) is 5.75 Å². The number of aliphatic carboxylic acids is 1. The third-order valence-corrected chi connectivity index (χ3v) is 9.71. The number of carboxylic acid groups (broad SMARTS) is 1. The lowest BCUT2D eigenvalue weighted by Crippen LogP contribution is -2.73. The Labute approximate surface area is 217 Å². The molecule has 8 heteroatoms. The predicted molar refractivity (Wildman–Crippen MR) is 136 cm³/mol. The van der Waals surface area contributed by atoms with Gasteiger partial charge in [0.2, 0.25) is 5.91 Å². The summed E-state index contributed by atoms with van der Waals surface area (Å²) >= 11 is 0. The smallest absolute Gasteiger partial charge is 0.235 e. The maximum atomic E-state index is 12.6. The fourth-order valence-corrected chi connectivity index (χ4v) is 7.22. The maximum Gasteiger partial charge on any atom is 0.235 e. The third-order valence-electron chi connectivity index (χ3n) is 9.71. The zero-order chi connectivity index (χ0) is 26.1. The Morgan fingerprint density at radius 1 is 1.11 bits per heavy atom.